The zero-order valence-corrected chi connectivity index (χ0v) is 17.7. The SMILES string of the molecule is CC(C)(C)OC(=O)N1CCC(C(=O)O/N=C(\N)C2CCC(F)(F)CC2)(C(F)(F)F)CC1. The number of ether oxygens (including phenoxy) is 1. The van der Waals surface area contributed by atoms with Gasteiger partial charge in [-0.05, 0) is 46.5 Å². The lowest BCUT2D eigenvalue weighted by molar-refractivity contribution is -0.244. The van der Waals surface area contributed by atoms with Gasteiger partial charge in [-0.3, -0.25) is 0 Å². The highest BCUT2D eigenvalue weighted by Crippen LogP contribution is 2.47. The molecule has 1 aliphatic heterocycles. The van der Waals surface area contributed by atoms with Crippen molar-refractivity contribution in [2.45, 2.75) is 77.0 Å². The van der Waals surface area contributed by atoms with Crippen LogP contribution in [0.25, 0.3) is 0 Å². The monoisotopic (exact) mass is 457 g/mol. The van der Waals surface area contributed by atoms with E-state index in [1.54, 1.807) is 20.8 Å². The van der Waals surface area contributed by atoms with E-state index in [0.717, 1.165) is 4.90 Å². The Balaban J connectivity index is 2.04. The van der Waals surface area contributed by atoms with E-state index in [4.69, 9.17) is 10.5 Å². The molecule has 1 saturated carbocycles. The number of rotatable bonds is 3. The Bertz CT molecular complexity index is 700. The van der Waals surface area contributed by atoms with Crippen LogP contribution in [0.5, 0.6) is 0 Å². The largest absolute Gasteiger partial charge is 0.444 e. The number of halogens is 5. The highest BCUT2D eigenvalue weighted by molar-refractivity contribution is 5.84. The van der Waals surface area contributed by atoms with Gasteiger partial charge in [-0.25, -0.2) is 18.4 Å². The zero-order chi connectivity index (χ0) is 23.7. The summed E-state index contributed by atoms with van der Waals surface area (Å²) in [5.41, 5.74) is 2.00. The number of hydrogen-bond donors (Lipinski definition) is 1. The number of carbonyl (C=O) groups is 2. The minimum absolute atomic E-state index is 0.00482. The van der Waals surface area contributed by atoms with Crippen LogP contribution in [0.15, 0.2) is 5.16 Å². The van der Waals surface area contributed by atoms with Crippen molar-refractivity contribution in [3.05, 3.63) is 0 Å². The molecule has 7 nitrogen and oxygen atoms in total. The molecule has 0 bridgehead atoms. The highest BCUT2D eigenvalue weighted by atomic mass is 19.4. The molecule has 2 aliphatic rings. The van der Waals surface area contributed by atoms with Gasteiger partial charge in [-0.2, -0.15) is 13.2 Å². The number of amides is 1. The molecule has 0 atom stereocenters. The molecule has 2 N–H and O–H groups in total. The van der Waals surface area contributed by atoms with Gasteiger partial charge in [0.1, 0.15) is 11.4 Å². The first kappa shape index (κ1) is 25.1. The van der Waals surface area contributed by atoms with Crippen molar-refractivity contribution >= 4 is 17.9 Å². The van der Waals surface area contributed by atoms with Crippen LogP contribution in [0.2, 0.25) is 0 Å². The Labute approximate surface area is 177 Å². The fourth-order valence-corrected chi connectivity index (χ4v) is 3.59. The lowest BCUT2D eigenvalue weighted by atomic mass is 9.77. The molecule has 0 aromatic rings. The normalized spacial score (nSPS) is 22.7. The van der Waals surface area contributed by atoms with E-state index in [1.165, 1.54) is 0 Å². The minimum Gasteiger partial charge on any atom is -0.444 e. The average Bonchev–Trinajstić information content (AvgIpc) is 2.63. The summed E-state index contributed by atoms with van der Waals surface area (Å²) in [6.45, 7) is 4.16. The molecule has 1 saturated heterocycles. The van der Waals surface area contributed by atoms with Gasteiger partial charge in [0.05, 0.1) is 0 Å². The summed E-state index contributed by atoms with van der Waals surface area (Å²) in [4.78, 5) is 30.1. The van der Waals surface area contributed by atoms with E-state index in [2.05, 4.69) is 9.99 Å². The molecule has 0 unspecified atom stereocenters. The molecule has 1 amide bonds. The maximum atomic E-state index is 13.8. The summed E-state index contributed by atoms with van der Waals surface area (Å²) in [6, 6.07) is 0. The smallest absolute Gasteiger partial charge is 0.410 e. The molecular weight excluding hydrogens is 429 g/mol. The van der Waals surface area contributed by atoms with Gasteiger partial charge >= 0.3 is 18.2 Å². The van der Waals surface area contributed by atoms with Gasteiger partial charge in [0.25, 0.3) is 0 Å². The van der Waals surface area contributed by atoms with Crippen molar-refractivity contribution in [3.63, 3.8) is 0 Å². The van der Waals surface area contributed by atoms with Crippen LogP contribution in [0.4, 0.5) is 26.7 Å². The Morgan fingerprint density at radius 1 is 1.03 bits per heavy atom. The number of nitrogens with zero attached hydrogens (tertiary/aromatic N) is 2. The molecule has 0 aromatic carbocycles. The van der Waals surface area contributed by atoms with Gasteiger partial charge in [-0.15, -0.1) is 0 Å². The van der Waals surface area contributed by atoms with Crippen LogP contribution in [0.1, 0.15) is 59.3 Å². The molecule has 0 radical (unpaired) electrons. The quantitative estimate of drug-likeness (QED) is 0.225. The molecular formula is C19H28F5N3O4. The molecule has 178 valence electrons. The molecule has 12 heteroatoms. The standard InChI is InChI=1S/C19H28F5N3O4/c1-16(2,3)30-15(29)27-10-8-17(9-11-27,19(22,23)24)14(28)31-26-13(25)12-4-6-18(20,21)7-5-12/h12H,4-11H2,1-3H3,(H2,25,26). The van der Waals surface area contributed by atoms with Gasteiger partial charge in [0, 0.05) is 31.8 Å². The van der Waals surface area contributed by atoms with Crippen LogP contribution in [-0.2, 0) is 14.4 Å². The average molecular weight is 457 g/mol. The first-order valence-electron chi connectivity index (χ1n) is 10.0. The lowest BCUT2D eigenvalue weighted by Crippen LogP contribution is -2.54. The second-order valence-electron chi connectivity index (χ2n) is 9.07. The van der Waals surface area contributed by atoms with E-state index in [-0.39, 0.29) is 31.8 Å². The first-order valence-corrected chi connectivity index (χ1v) is 10.0. The number of nitrogens with two attached hydrogens (primary N) is 1. The number of piperidine rings is 1. The summed E-state index contributed by atoms with van der Waals surface area (Å²) in [5, 5.41) is 3.33. The fourth-order valence-electron chi connectivity index (χ4n) is 3.59. The minimum atomic E-state index is -4.94. The van der Waals surface area contributed by atoms with Gasteiger partial charge in [0.2, 0.25) is 5.92 Å². The van der Waals surface area contributed by atoms with Crippen molar-refractivity contribution in [2.24, 2.45) is 22.2 Å². The second kappa shape index (κ2) is 8.78. The summed E-state index contributed by atoms with van der Waals surface area (Å²) >= 11 is 0. The van der Waals surface area contributed by atoms with Crippen LogP contribution in [0.3, 0.4) is 0 Å². The number of amidine groups is 1. The van der Waals surface area contributed by atoms with E-state index < -0.39 is 66.8 Å². The van der Waals surface area contributed by atoms with Gasteiger partial charge in [0.15, 0.2) is 5.41 Å². The van der Waals surface area contributed by atoms with Crippen LogP contribution in [-0.4, -0.2) is 53.6 Å². The molecule has 1 heterocycles. The summed E-state index contributed by atoms with van der Waals surface area (Å²) in [5.74, 6) is -5.32. The number of alkyl halides is 5. The Hall–Kier alpha value is -2.14. The number of carbonyl (C=O) groups excluding carboxylic acids is 2. The van der Waals surface area contributed by atoms with E-state index >= 15 is 0 Å². The van der Waals surface area contributed by atoms with Crippen molar-refractivity contribution in [2.75, 3.05) is 13.1 Å². The number of oxime groups is 1. The Morgan fingerprint density at radius 3 is 2.00 bits per heavy atom. The highest BCUT2D eigenvalue weighted by Gasteiger charge is 2.63. The molecule has 2 rings (SSSR count). The van der Waals surface area contributed by atoms with Crippen LogP contribution < -0.4 is 5.73 Å². The third-order valence-corrected chi connectivity index (χ3v) is 5.57. The summed E-state index contributed by atoms with van der Waals surface area (Å²) in [7, 11) is 0. The van der Waals surface area contributed by atoms with Crippen molar-refractivity contribution < 1.29 is 41.1 Å². The molecule has 0 aromatic heterocycles. The molecule has 0 spiro atoms. The second-order valence-corrected chi connectivity index (χ2v) is 9.07. The van der Waals surface area contributed by atoms with E-state index in [1.807, 2.05) is 0 Å². The topological polar surface area (TPSA) is 94.2 Å². The lowest BCUT2D eigenvalue weighted by Gasteiger charge is -2.40. The van der Waals surface area contributed by atoms with Gasteiger partial charge < -0.3 is 20.2 Å². The first-order chi connectivity index (χ1) is 14.1. The zero-order valence-electron chi connectivity index (χ0n) is 17.7. The van der Waals surface area contributed by atoms with E-state index in [0.29, 0.717) is 0 Å². The van der Waals surface area contributed by atoms with E-state index in [9.17, 15) is 31.5 Å². The predicted octanol–water partition coefficient (Wildman–Crippen LogP) is 4.21. The maximum Gasteiger partial charge on any atom is 0.410 e. The van der Waals surface area contributed by atoms with Gasteiger partial charge in [-0.1, -0.05) is 5.16 Å². The van der Waals surface area contributed by atoms with Crippen LogP contribution >= 0.6 is 0 Å². The fraction of sp³-hybridized carbons (Fsp3) is 0.842. The molecule has 2 fully saturated rings. The maximum absolute atomic E-state index is 13.8. The predicted molar refractivity (Wildman–Crippen MR) is 100 cm³/mol. The van der Waals surface area contributed by atoms with Crippen molar-refractivity contribution in [1.29, 1.82) is 0 Å². The Morgan fingerprint density at radius 2 is 1.55 bits per heavy atom. The Kier molecular flexibility index (Phi) is 7.11. The summed E-state index contributed by atoms with van der Waals surface area (Å²) in [6.07, 6.45) is -8.01. The van der Waals surface area contributed by atoms with Crippen LogP contribution in [0, 0.1) is 11.3 Å². The third-order valence-electron chi connectivity index (χ3n) is 5.57. The molecule has 31 heavy (non-hydrogen) atoms. The number of likely N-dealkylation sites (tertiary alicyclic amines) is 1. The number of hydrogen-bond acceptors (Lipinski definition) is 5. The third kappa shape index (κ3) is 6.19. The summed E-state index contributed by atoms with van der Waals surface area (Å²) < 4.78 is 73.0. The molecule has 1 aliphatic carbocycles. The van der Waals surface area contributed by atoms with Crippen molar-refractivity contribution in [3.8, 4) is 0 Å². The van der Waals surface area contributed by atoms with Crippen molar-refractivity contribution in [1.82, 2.24) is 4.90 Å².